The number of hydrogen-bond acceptors (Lipinski definition) is 4. The number of rotatable bonds is 4. The van der Waals surface area contributed by atoms with E-state index in [1.54, 1.807) is 0 Å². The fourth-order valence-corrected chi connectivity index (χ4v) is 3.55. The van der Waals surface area contributed by atoms with E-state index in [9.17, 15) is 9.90 Å². The number of nitrogens with one attached hydrogen (secondary N) is 1. The van der Waals surface area contributed by atoms with Crippen LogP contribution >= 0.6 is 27.3 Å². The fourth-order valence-electron chi connectivity index (χ4n) is 2.17. The second-order valence-corrected chi connectivity index (χ2v) is 7.29. The van der Waals surface area contributed by atoms with Crippen molar-refractivity contribution in [2.75, 3.05) is 18.9 Å². The molecule has 1 aliphatic carbocycles. The molecule has 1 aromatic carbocycles. The standard InChI is InChI=1S/C14H15BrN2O2S/c15-8-1-2-10-9(5-8)11(16)12(20-10)13(19)17-6-14(7-18)3-4-14/h1-2,5,18H,3-4,6-7,16H2,(H,17,19). The van der Waals surface area contributed by atoms with Gasteiger partial charge in [-0.1, -0.05) is 15.9 Å². The van der Waals surface area contributed by atoms with Gasteiger partial charge in [0.25, 0.3) is 5.91 Å². The van der Waals surface area contributed by atoms with Gasteiger partial charge in [-0.2, -0.15) is 0 Å². The number of hydrogen-bond donors (Lipinski definition) is 3. The molecule has 1 aliphatic rings. The minimum atomic E-state index is -0.153. The maximum absolute atomic E-state index is 12.2. The van der Waals surface area contributed by atoms with Crippen LogP contribution in [0, 0.1) is 5.41 Å². The van der Waals surface area contributed by atoms with Crippen molar-refractivity contribution in [3.05, 3.63) is 27.5 Å². The third-order valence-electron chi connectivity index (χ3n) is 3.81. The molecule has 1 fully saturated rings. The van der Waals surface area contributed by atoms with E-state index in [2.05, 4.69) is 21.2 Å². The summed E-state index contributed by atoms with van der Waals surface area (Å²) in [6, 6.07) is 5.81. The Balaban J connectivity index is 1.82. The van der Waals surface area contributed by atoms with E-state index in [1.807, 2.05) is 18.2 Å². The molecule has 4 nitrogen and oxygen atoms in total. The van der Waals surface area contributed by atoms with Crippen LogP contribution in [0.15, 0.2) is 22.7 Å². The number of fused-ring (bicyclic) bond motifs is 1. The minimum absolute atomic E-state index is 0.0931. The number of aliphatic hydroxyl groups is 1. The Morgan fingerprint density at radius 3 is 2.90 bits per heavy atom. The van der Waals surface area contributed by atoms with Crippen LogP contribution in [0.3, 0.4) is 0 Å². The monoisotopic (exact) mass is 354 g/mol. The van der Waals surface area contributed by atoms with Crippen LogP contribution in [-0.4, -0.2) is 24.2 Å². The highest BCUT2D eigenvalue weighted by Crippen LogP contribution is 2.44. The highest BCUT2D eigenvalue weighted by molar-refractivity contribution is 9.10. The summed E-state index contributed by atoms with van der Waals surface area (Å²) >= 11 is 4.81. The predicted molar refractivity (Wildman–Crippen MR) is 85.0 cm³/mol. The molecule has 6 heteroatoms. The van der Waals surface area contributed by atoms with Gasteiger partial charge in [0.1, 0.15) is 4.88 Å². The summed E-state index contributed by atoms with van der Waals surface area (Å²) in [4.78, 5) is 12.8. The molecule has 1 amide bonds. The van der Waals surface area contributed by atoms with Gasteiger partial charge in [-0.05, 0) is 31.0 Å². The molecule has 3 rings (SSSR count). The van der Waals surface area contributed by atoms with Crippen molar-refractivity contribution in [2.45, 2.75) is 12.8 Å². The van der Waals surface area contributed by atoms with Gasteiger partial charge in [0.05, 0.1) is 12.3 Å². The molecular formula is C14H15BrN2O2S. The Kier molecular flexibility index (Phi) is 3.48. The first-order valence-corrected chi connectivity index (χ1v) is 8.02. The highest BCUT2D eigenvalue weighted by Gasteiger charge is 2.42. The van der Waals surface area contributed by atoms with Crippen LogP contribution < -0.4 is 11.1 Å². The summed E-state index contributed by atoms with van der Waals surface area (Å²) in [6.07, 6.45) is 1.94. The van der Waals surface area contributed by atoms with E-state index in [0.29, 0.717) is 17.1 Å². The van der Waals surface area contributed by atoms with Crippen LogP contribution in [-0.2, 0) is 0 Å². The van der Waals surface area contributed by atoms with E-state index in [4.69, 9.17) is 5.73 Å². The zero-order valence-electron chi connectivity index (χ0n) is 10.8. The van der Waals surface area contributed by atoms with E-state index in [1.165, 1.54) is 11.3 Å². The summed E-state index contributed by atoms with van der Waals surface area (Å²) < 4.78 is 1.94. The van der Waals surface area contributed by atoms with E-state index < -0.39 is 0 Å². The number of carbonyl (C=O) groups excluding carboxylic acids is 1. The second kappa shape index (κ2) is 5.02. The number of aliphatic hydroxyl groups excluding tert-OH is 1. The molecule has 0 saturated heterocycles. The number of anilines is 1. The van der Waals surface area contributed by atoms with Gasteiger partial charge in [-0.25, -0.2) is 0 Å². The second-order valence-electron chi connectivity index (χ2n) is 5.33. The van der Waals surface area contributed by atoms with Crippen LogP contribution in [0.5, 0.6) is 0 Å². The highest BCUT2D eigenvalue weighted by atomic mass is 79.9. The smallest absolute Gasteiger partial charge is 0.263 e. The molecule has 1 aromatic heterocycles. The van der Waals surface area contributed by atoms with Gasteiger partial charge < -0.3 is 16.2 Å². The summed E-state index contributed by atoms with van der Waals surface area (Å²) in [7, 11) is 0. The number of benzene rings is 1. The topological polar surface area (TPSA) is 75.4 Å². The molecule has 1 heterocycles. The molecule has 0 aliphatic heterocycles. The van der Waals surface area contributed by atoms with Crippen molar-refractivity contribution in [2.24, 2.45) is 5.41 Å². The maximum atomic E-state index is 12.2. The quantitative estimate of drug-likeness (QED) is 0.790. The van der Waals surface area contributed by atoms with Crippen molar-refractivity contribution in [1.29, 1.82) is 0 Å². The Morgan fingerprint density at radius 2 is 2.25 bits per heavy atom. The largest absolute Gasteiger partial charge is 0.397 e. The summed E-state index contributed by atoms with van der Waals surface area (Å²) in [5.74, 6) is -0.153. The van der Waals surface area contributed by atoms with Gasteiger partial charge in [-0.15, -0.1) is 11.3 Å². The van der Waals surface area contributed by atoms with Crippen molar-refractivity contribution < 1.29 is 9.90 Å². The minimum Gasteiger partial charge on any atom is -0.397 e. The molecule has 0 atom stereocenters. The molecule has 4 N–H and O–H groups in total. The molecule has 2 aromatic rings. The van der Waals surface area contributed by atoms with Crippen LogP contribution in [0.2, 0.25) is 0 Å². The first-order chi connectivity index (χ1) is 9.54. The first kappa shape index (κ1) is 13.9. The van der Waals surface area contributed by atoms with Crippen molar-refractivity contribution in [3.8, 4) is 0 Å². The summed E-state index contributed by atoms with van der Waals surface area (Å²) in [6.45, 7) is 0.641. The molecular weight excluding hydrogens is 340 g/mol. The zero-order valence-corrected chi connectivity index (χ0v) is 13.2. The molecule has 106 valence electrons. The Morgan fingerprint density at radius 1 is 1.50 bits per heavy atom. The Labute approximate surface area is 129 Å². The van der Waals surface area contributed by atoms with Crippen LogP contribution in [0.4, 0.5) is 5.69 Å². The summed E-state index contributed by atoms with van der Waals surface area (Å²) in [5.41, 5.74) is 6.51. The molecule has 0 radical (unpaired) electrons. The normalized spacial score (nSPS) is 16.3. The lowest BCUT2D eigenvalue weighted by Gasteiger charge is -2.12. The first-order valence-electron chi connectivity index (χ1n) is 6.41. The number of halogens is 1. The molecule has 0 bridgehead atoms. The number of carbonyl (C=O) groups is 1. The SMILES string of the molecule is Nc1c(C(=O)NCC2(CO)CC2)sc2ccc(Br)cc12. The molecule has 1 saturated carbocycles. The summed E-state index contributed by atoms with van der Waals surface area (Å²) in [5, 5.41) is 13.1. The van der Waals surface area contributed by atoms with Gasteiger partial charge in [0.2, 0.25) is 0 Å². The van der Waals surface area contributed by atoms with Gasteiger partial charge in [0, 0.05) is 26.5 Å². The number of amides is 1. The van der Waals surface area contributed by atoms with Gasteiger partial charge in [-0.3, -0.25) is 4.79 Å². The molecule has 0 spiro atoms. The van der Waals surface area contributed by atoms with Crippen LogP contribution in [0.1, 0.15) is 22.5 Å². The lowest BCUT2D eigenvalue weighted by Crippen LogP contribution is -2.31. The van der Waals surface area contributed by atoms with Crippen LogP contribution in [0.25, 0.3) is 10.1 Å². The van der Waals surface area contributed by atoms with Crippen molar-refractivity contribution >= 4 is 48.9 Å². The van der Waals surface area contributed by atoms with Gasteiger partial charge >= 0.3 is 0 Å². The third kappa shape index (κ3) is 2.43. The predicted octanol–water partition coefficient (Wildman–Crippen LogP) is 2.75. The van der Waals surface area contributed by atoms with E-state index in [-0.39, 0.29) is 17.9 Å². The van der Waals surface area contributed by atoms with Crippen molar-refractivity contribution in [3.63, 3.8) is 0 Å². The van der Waals surface area contributed by atoms with E-state index in [0.717, 1.165) is 27.4 Å². The number of nitrogen functional groups attached to an aromatic ring is 1. The molecule has 20 heavy (non-hydrogen) atoms. The van der Waals surface area contributed by atoms with Gasteiger partial charge in [0.15, 0.2) is 0 Å². The molecule has 0 unspecified atom stereocenters. The van der Waals surface area contributed by atoms with E-state index >= 15 is 0 Å². The average molecular weight is 355 g/mol. The van der Waals surface area contributed by atoms with Crippen molar-refractivity contribution in [1.82, 2.24) is 5.32 Å². The lowest BCUT2D eigenvalue weighted by molar-refractivity contribution is 0.0940. The lowest BCUT2D eigenvalue weighted by atomic mass is 10.1. The zero-order chi connectivity index (χ0) is 14.3. The third-order valence-corrected chi connectivity index (χ3v) is 5.49. The maximum Gasteiger partial charge on any atom is 0.263 e. The average Bonchev–Trinajstić information content (AvgIpc) is 3.16. The Hall–Kier alpha value is -1.11. The Bertz CT molecular complexity index is 679. The number of thiophene rings is 1. The fraction of sp³-hybridized carbons (Fsp3) is 0.357. The number of nitrogens with two attached hydrogens (primary N) is 1.